The van der Waals surface area contributed by atoms with Crippen LogP contribution in [0.2, 0.25) is 0 Å². The van der Waals surface area contributed by atoms with Gasteiger partial charge in [0.25, 0.3) is 0 Å². The SMILES string of the molecule is CC(C)(C)C(=O)Cc1ccnc(N)c1. The number of rotatable bonds is 2. The zero-order valence-electron chi connectivity index (χ0n) is 8.87. The van der Waals surface area contributed by atoms with Crippen LogP contribution in [0.3, 0.4) is 0 Å². The van der Waals surface area contributed by atoms with E-state index < -0.39 is 0 Å². The summed E-state index contributed by atoms with van der Waals surface area (Å²) in [7, 11) is 0. The molecule has 1 aromatic rings. The van der Waals surface area contributed by atoms with Crippen molar-refractivity contribution in [2.75, 3.05) is 5.73 Å². The van der Waals surface area contributed by atoms with Crippen LogP contribution >= 0.6 is 0 Å². The summed E-state index contributed by atoms with van der Waals surface area (Å²) in [5, 5.41) is 0. The van der Waals surface area contributed by atoms with Crippen molar-refractivity contribution in [3.8, 4) is 0 Å². The van der Waals surface area contributed by atoms with Gasteiger partial charge in [0.15, 0.2) is 0 Å². The molecule has 0 amide bonds. The van der Waals surface area contributed by atoms with E-state index >= 15 is 0 Å². The summed E-state index contributed by atoms with van der Waals surface area (Å²) in [5.74, 6) is 0.673. The van der Waals surface area contributed by atoms with Crippen molar-refractivity contribution >= 4 is 11.6 Å². The van der Waals surface area contributed by atoms with Crippen molar-refractivity contribution in [3.63, 3.8) is 0 Å². The average Bonchev–Trinajstić information content (AvgIpc) is 2.02. The van der Waals surface area contributed by atoms with Crippen molar-refractivity contribution in [2.24, 2.45) is 5.41 Å². The summed E-state index contributed by atoms with van der Waals surface area (Å²) in [5.41, 5.74) is 6.16. The number of hydrogen-bond donors (Lipinski definition) is 1. The molecule has 2 N–H and O–H groups in total. The number of anilines is 1. The molecular weight excluding hydrogens is 176 g/mol. The third-order valence-corrected chi connectivity index (χ3v) is 2.05. The molecule has 1 rings (SSSR count). The molecule has 3 heteroatoms. The summed E-state index contributed by atoms with van der Waals surface area (Å²) in [6.07, 6.45) is 2.05. The van der Waals surface area contributed by atoms with Gasteiger partial charge in [-0.15, -0.1) is 0 Å². The second-order valence-corrected chi connectivity index (χ2v) is 4.44. The molecule has 0 fully saturated rings. The third kappa shape index (κ3) is 2.83. The normalized spacial score (nSPS) is 11.4. The van der Waals surface area contributed by atoms with Gasteiger partial charge in [-0.3, -0.25) is 4.79 Å². The van der Waals surface area contributed by atoms with Crippen molar-refractivity contribution in [1.82, 2.24) is 4.98 Å². The lowest BCUT2D eigenvalue weighted by molar-refractivity contribution is -0.125. The maximum atomic E-state index is 11.7. The number of nitrogen functional groups attached to an aromatic ring is 1. The summed E-state index contributed by atoms with van der Waals surface area (Å²) in [6, 6.07) is 3.56. The number of hydrogen-bond acceptors (Lipinski definition) is 3. The molecule has 14 heavy (non-hydrogen) atoms. The van der Waals surface area contributed by atoms with Gasteiger partial charge in [-0.25, -0.2) is 4.98 Å². The molecule has 76 valence electrons. The van der Waals surface area contributed by atoms with Gasteiger partial charge in [0.2, 0.25) is 0 Å². The fraction of sp³-hybridized carbons (Fsp3) is 0.455. The van der Waals surface area contributed by atoms with Gasteiger partial charge in [0.05, 0.1) is 0 Å². The van der Waals surface area contributed by atoms with Crippen LogP contribution in [0.25, 0.3) is 0 Å². The van der Waals surface area contributed by atoms with E-state index in [9.17, 15) is 4.79 Å². The molecule has 1 aromatic heterocycles. The molecule has 0 aliphatic rings. The Morgan fingerprint density at radius 3 is 2.64 bits per heavy atom. The Morgan fingerprint density at radius 2 is 2.14 bits per heavy atom. The molecule has 0 aromatic carbocycles. The summed E-state index contributed by atoms with van der Waals surface area (Å²) >= 11 is 0. The monoisotopic (exact) mass is 192 g/mol. The Kier molecular flexibility index (Phi) is 2.89. The predicted molar refractivity (Wildman–Crippen MR) is 56.8 cm³/mol. The van der Waals surface area contributed by atoms with Gasteiger partial charge in [-0.2, -0.15) is 0 Å². The van der Waals surface area contributed by atoms with E-state index in [4.69, 9.17) is 5.73 Å². The quantitative estimate of drug-likeness (QED) is 0.777. The zero-order chi connectivity index (χ0) is 10.8. The lowest BCUT2D eigenvalue weighted by Gasteiger charge is -2.16. The smallest absolute Gasteiger partial charge is 0.142 e. The van der Waals surface area contributed by atoms with Crippen LogP contribution in [0.4, 0.5) is 5.82 Å². The first-order chi connectivity index (χ1) is 6.39. The van der Waals surface area contributed by atoms with E-state index in [1.807, 2.05) is 26.8 Å². The van der Waals surface area contributed by atoms with Crippen LogP contribution in [-0.2, 0) is 11.2 Å². The second-order valence-electron chi connectivity index (χ2n) is 4.44. The Morgan fingerprint density at radius 1 is 1.50 bits per heavy atom. The van der Waals surface area contributed by atoms with Crippen molar-refractivity contribution < 1.29 is 4.79 Å². The number of pyridine rings is 1. The fourth-order valence-corrected chi connectivity index (χ4v) is 1.05. The van der Waals surface area contributed by atoms with Gasteiger partial charge in [0.1, 0.15) is 11.6 Å². The minimum Gasteiger partial charge on any atom is -0.384 e. The number of Topliss-reactive ketones (excluding diaryl/α,β-unsaturated/α-hetero) is 1. The first-order valence-electron chi connectivity index (χ1n) is 4.63. The first kappa shape index (κ1) is 10.7. The number of nitrogens with zero attached hydrogens (tertiary/aromatic N) is 1. The standard InChI is InChI=1S/C11H16N2O/c1-11(2,3)9(14)6-8-4-5-13-10(12)7-8/h4-5,7H,6H2,1-3H3,(H2,12,13). The Labute approximate surface area is 84.3 Å². The fourth-order valence-electron chi connectivity index (χ4n) is 1.05. The minimum atomic E-state index is -0.294. The number of nitrogens with two attached hydrogens (primary N) is 1. The predicted octanol–water partition coefficient (Wildman–Crippen LogP) is 1.82. The lowest BCUT2D eigenvalue weighted by atomic mass is 9.87. The highest BCUT2D eigenvalue weighted by atomic mass is 16.1. The summed E-state index contributed by atoms with van der Waals surface area (Å²) in [6.45, 7) is 5.75. The van der Waals surface area contributed by atoms with E-state index in [-0.39, 0.29) is 11.2 Å². The van der Waals surface area contributed by atoms with E-state index in [1.165, 1.54) is 0 Å². The minimum absolute atomic E-state index is 0.211. The van der Waals surface area contributed by atoms with Gasteiger partial charge in [-0.1, -0.05) is 20.8 Å². The molecule has 0 radical (unpaired) electrons. The van der Waals surface area contributed by atoms with Crippen LogP contribution in [0.1, 0.15) is 26.3 Å². The first-order valence-corrected chi connectivity index (χ1v) is 4.63. The van der Waals surface area contributed by atoms with Crippen molar-refractivity contribution in [1.29, 1.82) is 0 Å². The number of carbonyl (C=O) groups is 1. The van der Waals surface area contributed by atoms with E-state index in [2.05, 4.69) is 4.98 Å². The Hall–Kier alpha value is -1.38. The molecular formula is C11H16N2O. The van der Waals surface area contributed by atoms with E-state index in [1.54, 1.807) is 12.3 Å². The van der Waals surface area contributed by atoms with Gasteiger partial charge in [-0.05, 0) is 17.7 Å². The summed E-state index contributed by atoms with van der Waals surface area (Å²) in [4.78, 5) is 15.6. The molecule has 0 saturated heterocycles. The zero-order valence-corrected chi connectivity index (χ0v) is 8.87. The molecule has 0 bridgehead atoms. The van der Waals surface area contributed by atoms with Crippen molar-refractivity contribution in [3.05, 3.63) is 23.9 Å². The van der Waals surface area contributed by atoms with E-state index in [0.29, 0.717) is 12.2 Å². The lowest BCUT2D eigenvalue weighted by Crippen LogP contribution is -2.22. The van der Waals surface area contributed by atoms with E-state index in [0.717, 1.165) is 5.56 Å². The maximum absolute atomic E-state index is 11.7. The maximum Gasteiger partial charge on any atom is 0.142 e. The molecule has 0 aliphatic carbocycles. The van der Waals surface area contributed by atoms with Crippen LogP contribution in [0.15, 0.2) is 18.3 Å². The Bertz CT molecular complexity index is 339. The number of aromatic nitrogens is 1. The third-order valence-electron chi connectivity index (χ3n) is 2.05. The number of carbonyl (C=O) groups excluding carboxylic acids is 1. The van der Waals surface area contributed by atoms with Crippen LogP contribution in [0.5, 0.6) is 0 Å². The van der Waals surface area contributed by atoms with Crippen LogP contribution in [0, 0.1) is 5.41 Å². The molecule has 0 spiro atoms. The van der Waals surface area contributed by atoms with Crippen molar-refractivity contribution in [2.45, 2.75) is 27.2 Å². The highest BCUT2D eigenvalue weighted by Crippen LogP contribution is 2.18. The number of ketones is 1. The summed E-state index contributed by atoms with van der Waals surface area (Å²) < 4.78 is 0. The van der Waals surface area contributed by atoms with Gasteiger partial charge in [0, 0.05) is 18.0 Å². The Balaban J connectivity index is 2.75. The molecule has 0 saturated carbocycles. The average molecular weight is 192 g/mol. The molecule has 0 unspecified atom stereocenters. The topological polar surface area (TPSA) is 56.0 Å². The second kappa shape index (κ2) is 3.78. The van der Waals surface area contributed by atoms with Crippen LogP contribution in [-0.4, -0.2) is 10.8 Å². The highest BCUT2D eigenvalue weighted by molar-refractivity contribution is 5.85. The molecule has 0 aliphatic heterocycles. The van der Waals surface area contributed by atoms with Gasteiger partial charge >= 0.3 is 0 Å². The van der Waals surface area contributed by atoms with Crippen LogP contribution < -0.4 is 5.73 Å². The molecule has 1 heterocycles. The largest absolute Gasteiger partial charge is 0.384 e. The molecule has 3 nitrogen and oxygen atoms in total. The highest BCUT2D eigenvalue weighted by Gasteiger charge is 2.20. The van der Waals surface area contributed by atoms with Gasteiger partial charge < -0.3 is 5.73 Å². The molecule has 0 atom stereocenters.